The molecule has 0 bridgehead atoms. The molecule has 3 aromatic rings. The predicted octanol–water partition coefficient (Wildman–Crippen LogP) is 3.37. The molecule has 10 nitrogen and oxygen atoms in total. The van der Waals surface area contributed by atoms with Gasteiger partial charge < -0.3 is 15.0 Å². The molecule has 214 valence electrons. The maximum Gasteiger partial charge on any atom is 0.262 e. The zero-order valence-electron chi connectivity index (χ0n) is 23.0. The van der Waals surface area contributed by atoms with Crippen LogP contribution in [0.25, 0.3) is 0 Å². The van der Waals surface area contributed by atoms with Crippen LogP contribution in [-0.4, -0.2) is 71.8 Å². The number of ether oxygens (including phenoxy) is 1. The van der Waals surface area contributed by atoms with E-state index in [1.54, 1.807) is 19.1 Å². The number of sulfonamides is 2. The van der Waals surface area contributed by atoms with Crippen molar-refractivity contribution in [2.45, 2.75) is 30.6 Å². The number of hydrogen-bond donors (Lipinski definition) is 2. The Morgan fingerprint density at radius 1 is 0.775 bits per heavy atom. The molecule has 1 heterocycles. The highest BCUT2D eigenvalue weighted by molar-refractivity contribution is 7.92. The summed E-state index contributed by atoms with van der Waals surface area (Å²) in [5.41, 5.74) is 3.50. The Morgan fingerprint density at radius 2 is 1.40 bits per heavy atom. The fourth-order valence-electron chi connectivity index (χ4n) is 4.20. The van der Waals surface area contributed by atoms with Gasteiger partial charge in [-0.15, -0.1) is 0 Å². The van der Waals surface area contributed by atoms with Gasteiger partial charge in [0.2, 0.25) is 10.0 Å². The lowest BCUT2D eigenvalue weighted by Crippen LogP contribution is -2.46. The zero-order chi connectivity index (χ0) is 29.1. The van der Waals surface area contributed by atoms with Gasteiger partial charge in [-0.2, -0.15) is 4.31 Å². The van der Waals surface area contributed by atoms with Crippen molar-refractivity contribution in [3.63, 3.8) is 0 Å². The topological polar surface area (TPSA) is 125 Å². The van der Waals surface area contributed by atoms with Crippen molar-refractivity contribution < 1.29 is 26.4 Å². The molecule has 12 heteroatoms. The molecule has 0 aromatic heterocycles. The lowest BCUT2D eigenvalue weighted by Gasteiger charge is -2.31. The first kappa shape index (κ1) is 29.5. The van der Waals surface area contributed by atoms with E-state index in [0.717, 1.165) is 11.1 Å². The third-order valence-electron chi connectivity index (χ3n) is 6.81. The second-order valence-electron chi connectivity index (χ2n) is 9.90. The Labute approximate surface area is 236 Å². The predicted molar refractivity (Wildman–Crippen MR) is 155 cm³/mol. The van der Waals surface area contributed by atoms with E-state index in [4.69, 9.17) is 4.74 Å². The molecule has 4 rings (SSSR count). The summed E-state index contributed by atoms with van der Waals surface area (Å²) in [6.07, 6.45) is 0. The van der Waals surface area contributed by atoms with Gasteiger partial charge in [0.25, 0.3) is 15.9 Å². The maximum atomic E-state index is 12.9. The number of carbonyl (C=O) groups excluding carboxylic acids is 1. The zero-order valence-corrected chi connectivity index (χ0v) is 24.6. The highest BCUT2D eigenvalue weighted by Gasteiger charge is 2.27. The average Bonchev–Trinajstić information content (AvgIpc) is 2.90. The van der Waals surface area contributed by atoms with E-state index in [1.807, 2.05) is 27.0 Å². The minimum atomic E-state index is -3.81. The molecule has 3 aromatic carbocycles. The molecule has 0 aliphatic carbocycles. The SMILES string of the molecule is Cc1ccc(NS(=O)(=O)c2ccc(OCC(=O)Nc3ccc(S(=O)(=O)N4CCN(C)CC4)cc3)c(C)c2)cc1C. The number of carbonyl (C=O) groups is 1. The van der Waals surface area contributed by atoms with Crippen LogP contribution in [0.3, 0.4) is 0 Å². The third kappa shape index (κ3) is 7.00. The fraction of sp³-hybridized carbons (Fsp3) is 0.321. The first-order chi connectivity index (χ1) is 18.8. The Balaban J connectivity index is 1.33. The van der Waals surface area contributed by atoms with Crippen LogP contribution in [0.4, 0.5) is 11.4 Å². The Hall–Kier alpha value is -3.45. The van der Waals surface area contributed by atoms with E-state index in [1.165, 1.54) is 46.8 Å². The van der Waals surface area contributed by atoms with Gasteiger partial charge in [-0.3, -0.25) is 9.52 Å². The number of likely N-dealkylation sites (N-methyl/N-ethyl adjacent to an activating group) is 1. The first-order valence-corrected chi connectivity index (χ1v) is 15.7. The van der Waals surface area contributed by atoms with Crippen LogP contribution in [0.1, 0.15) is 16.7 Å². The van der Waals surface area contributed by atoms with Crippen LogP contribution in [0.5, 0.6) is 5.75 Å². The summed E-state index contributed by atoms with van der Waals surface area (Å²) in [4.78, 5) is 14.8. The van der Waals surface area contributed by atoms with E-state index >= 15 is 0 Å². The molecule has 0 spiro atoms. The molecule has 0 radical (unpaired) electrons. The quantitative estimate of drug-likeness (QED) is 0.394. The fourth-order valence-corrected chi connectivity index (χ4v) is 6.75. The van der Waals surface area contributed by atoms with Crippen LogP contribution in [0, 0.1) is 20.8 Å². The van der Waals surface area contributed by atoms with E-state index in [2.05, 4.69) is 14.9 Å². The molecule has 1 amide bonds. The van der Waals surface area contributed by atoms with E-state index in [9.17, 15) is 21.6 Å². The van der Waals surface area contributed by atoms with Gasteiger partial charge in [0.05, 0.1) is 9.79 Å². The molecule has 1 saturated heterocycles. The van der Waals surface area contributed by atoms with Crippen molar-refractivity contribution in [1.82, 2.24) is 9.21 Å². The molecule has 0 saturated carbocycles. The standard InChI is InChI=1S/C28H34N4O6S2/c1-20-5-6-24(17-21(20)2)30-39(34,35)26-11-12-27(22(3)18-26)38-19-28(33)29-23-7-9-25(10-8-23)40(36,37)32-15-13-31(4)14-16-32/h5-12,17-18,30H,13-16,19H2,1-4H3,(H,29,33). The van der Waals surface area contributed by atoms with E-state index in [-0.39, 0.29) is 16.4 Å². The minimum absolute atomic E-state index is 0.0756. The molecular weight excluding hydrogens is 552 g/mol. The van der Waals surface area contributed by atoms with Crippen LogP contribution < -0.4 is 14.8 Å². The molecule has 1 aliphatic rings. The summed E-state index contributed by atoms with van der Waals surface area (Å²) >= 11 is 0. The first-order valence-electron chi connectivity index (χ1n) is 12.8. The van der Waals surface area contributed by atoms with E-state index in [0.29, 0.717) is 48.9 Å². The number of amides is 1. The Morgan fingerprint density at radius 3 is 2.02 bits per heavy atom. The summed E-state index contributed by atoms with van der Waals surface area (Å²) in [7, 11) is -5.45. The Bertz CT molecular complexity index is 1600. The number of nitrogens with zero attached hydrogens (tertiary/aromatic N) is 2. The van der Waals surface area contributed by atoms with E-state index < -0.39 is 26.0 Å². The highest BCUT2D eigenvalue weighted by Crippen LogP contribution is 2.25. The highest BCUT2D eigenvalue weighted by atomic mass is 32.2. The van der Waals surface area contributed by atoms with Crippen molar-refractivity contribution in [2.24, 2.45) is 0 Å². The summed E-state index contributed by atoms with van der Waals surface area (Å²) in [5, 5.41) is 2.68. The number of piperazine rings is 1. The summed E-state index contributed by atoms with van der Waals surface area (Å²) in [6, 6.07) is 15.8. The van der Waals surface area contributed by atoms with Gasteiger partial charge >= 0.3 is 0 Å². The third-order valence-corrected chi connectivity index (χ3v) is 10.1. The van der Waals surface area contributed by atoms with Gasteiger partial charge in [0, 0.05) is 37.6 Å². The minimum Gasteiger partial charge on any atom is -0.483 e. The summed E-state index contributed by atoms with van der Waals surface area (Å²) in [6.45, 7) is 7.47. The van der Waals surface area contributed by atoms with Gasteiger partial charge in [-0.1, -0.05) is 6.07 Å². The van der Waals surface area contributed by atoms with Gasteiger partial charge in [0.15, 0.2) is 6.61 Å². The maximum absolute atomic E-state index is 12.9. The number of anilines is 2. The van der Waals surface area contributed by atoms with Crippen molar-refractivity contribution in [3.05, 3.63) is 77.4 Å². The van der Waals surface area contributed by atoms with Crippen LogP contribution in [0.15, 0.2) is 70.5 Å². The van der Waals surface area contributed by atoms with Gasteiger partial charge in [0.1, 0.15) is 5.75 Å². The van der Waals surface area contributed by atoms with Crippen molar-refractivity contribution in [2.75, 3.05) is 49.9 Å². The number of rotatable bonds is 9. The molecule has 1 aliphatic heterocycles. The Kier molecular flexibility index (Phi) is 8.83. The average molecular weight is 587 g/mol. The number of hydrogen-bond acceptors (Lipinski definition) is 7. The summed E-state index contributed by atoms with van der Waals surface area (Å²) < 4.78 is 61.2. The molecule has 40 heavy (non-hydrogen) atoms. The monoisotopic (exact) mass is 586 g/mol. The van der Waals surface area contributed by atoms with Gasteiger partial charge in [-0.25, -0.2) is 16.8 Å². The molecule has 1 fully saturated rings. The lowest BCUT2D eigenvalue weighted by molar-refractivity contribution is -0.118. The molecule has 2 N–H and O–H groups in total. The number of benzene rings is 3. The van der Waals surface area contributed by atoms with Crippen LogP contribution >= 0.6 is 0 Å². The lowest BCUT2D eigenvalue weighted by atomic mass is 10.1. The van der Waals surface area contributed by atoms with Crippen LogP contribution in [-0.2, 0) is 24.8 Å². The number of aryl methyl sites for hydroxylation is 3. The molecule has 0 atom stereocenters. The molecule has 0 unspecified atom stereocenters. The van der Waals surface area contributed by atoms with Crippen molar-refractivity contribution in [3.8, 4) is 5.75 Å². The van der Waals surface area contributed by atoms with Gasteiger partial charge in [-0.05, 0) is 99.1 Å². The molecular formula is C28H34N4O6S2. The van der Waals surface area contributed by atoms with Crippen molar-refractivity contribution >= 4 is 37.3 Å². The normalized spacial score (nSPS) is 15.0. The van der Waals surface area contributed by atoms with Crippen molar-refractivity contribution in [1.29, 1.82) is 0 Å². The second-order valence-corrected chi connectivity index (χ2v) is 13.5. The largest absolute Gasteiger partial charge is 0.483 e. The van der Waals surface area contributed by atoms with Crippen LogP contribution in [0.2, 0.25) is 0 Å². The summed E-state index contributed by atoms with van der Waals surface area (Å²) in [5.74, 6) is -0.0731. The smallest absolute Gasteiger partial charge is 0.262 e. The number of nitrogens with one attached hydrogen (secondary N) is 2. The second kappa shape index (κ2) is 12.0.